The van der Waals surface area contributed by atoms with E-state index >= 15 is 0 Å². The second kappa shape index (κ2) is 8.18. The van der Waals surface area contributed by atoms with Crippen LogP contribution in [0.15, 0.2) is 54.6 Å². The molecule has 0 aliphatic rings. The van der Waals surface area contributed by atoms with Gasteiger partial charge in [0.2, 0.25) is 0 Å². The molecule has 2 rings (SSSR count). The predicted molar refractivity (Wildman–Crippen MR) is 97.9 cm³/mol. The number of carbonyl (C=O) groups is 3. The molecule has 27 heavy (non-hydrogen) atoms. The average molecular weight is 370 g/mol. The minimum absolute atomic E-state index is 0.00887. The molecule has 0 amide bonds. The van der Waals surface area contributed by atoms with Crippen molar-refractivity contribution in [2.24, 2.45) is 0 Å². The van der Waals surface area contributed by atoms with Crippen LogP contribution >= 0.6 is 0 Å². The zero-order valence-electron chi connectivity index (χ0n) is 15.2. The first-order valence-corrected chi connectivity index (χ1v) is 7.81. The minimum Gasteiger partial charge on any atom is -0.437 e. The quantitative estimate of drug-likeness (QED) is 0.341. The molecule has 0 saturated carbocycles. The highest BCUT2D eigenvalue weighted by atomic mass is 16.7. The van der Waals surface area contributed by atoms with E-state index in [0.29, 0.717) is 10.8 Å². The zero-order valence-corrected chi connectivity index (χ0v) is 15.2. The van der Waals surface area contributed by atoms with Crippen molar-refractivity contribution in [2.75, 3.05) is 7.11 Å². The van der Waals surface area contributed by atoms with E-state index < -0.39 is 18.1 Å². The number of carbonyl (C=O) groups excluding carboxylic acids is 3. The molecule has 0 spiro atoms. The van der Waals surface area contributed by atoms with Crippen LogP contribution in [0.1, 0.15) is 13.8 Å². The molecule has 7 heteroatoms. The minimum atomic E-state index is -0.955. The summed E-state index contributed by atoms with van der Waals surface area (Å²) in [6, 6.07) is 7.93. The summed E-state index contributed by atoms with van der Waals surface area (Å²) in [6.07, 6.45) is -0.955. The predicted octanol–water partition coefficient (Wildman–Crippen LogP) is 3.95. The third-order valence-corrected chi connectivity index (χ3v) is 3.38. The van der Waals surface area contributed by atoms with Crippen LogP contribution < -0.4 is 14.2 Å². The Kier molecular flexibility index (Phi) is 5.97. The molecule has 0 aliphatic heterocycles. The highest BCUT2D eigenvalue weighted by Crippen LogP contribution is 2.42. The second-order valence-electron chi connectivity index (χ2n) is 5.64. The Bertz CT molecular complexity index is 956. The monoisotopic (exact) mass is 370 g/mol. The van der Waals surface area contributed by atoms with Crippen LogP contribution in [-0.4, -0.2) is 25.2 Å². The van der Waals surface area contributed by atoms with Gasteiger partial charge in [0.1, 0.15) is 5.75 Å². The van der Waals surface area contributed by atoms with Gasteiger partial charge in [-0.25, -0.2) is 14.4 Å². The topological polar surface area (TPSA) is 88.1 Å². The van der Waals surface area contributed by atoms with Gasteiger partial charge >= 0.3 is 18.1 Å². The van der Waals surface area contributed by atoms with Gasteiger partial charge in [-0.15, -0.1) is 0 Å². The van der Waals surface area contributed by atoms with Gasteiger partial charge in [0, 0.05) is 28.0 Å². The molecule has 0 radical (unpaired) electrons. The average Bonchev–Trinajstić information content (AvgIpc) is 2.63. The molecule has 7 nitrogen and oxygen atoms in total. The van der Waals surface area contributed by atoms with Gasteiger partial charge < -0.3 is 18.9 Å². The Labute approximate surface area is 155 Å². The molecular weight excluding hydrogens is 352 g/mol. The lowest BCUT2D eigenvalue weighted by molar-refractivity contribution is -0.132. The Morgan fingerprint density at radius 1 is 0.815 bits per heavy atom. The van der Waals surface area contributed by atoms with Crippen molar-refractivity contribution >= 4 is 28.9 Å². The van der Waals surface area contributed by atoms with Crippen LogP contribution in [0.2, 0.25) is 0 Å². The molecule has 0 atom stereocenters. The maximum absolute atomic E-state index is 12.1. The Hall–Kier alpha value is -3.61. The van der Waals surface area contributed by atoms with Gasteiger partial charge in [-0.3, -0.25) is 0 Å². The molecule has 2 aromatic carbocycles. The fraction of sp³-hybridized carbons (Fsp3) is 0.150. The third-order valence-electron chi connectivity index (χ3n) is 3.38. The molecule has 0 aromatic heterocycles. The smallest absolute Gasteiger partial charge is 0.437 e. The summed E-state index contributed by atoms with van der Waals surface area (Å²) in [4.78, 5) is 35.6. The highest BCUT2D eigenvalue weighted by molar-refractivity contribution is 6.01. The van der Waals surface area contributed by atoms with E-state index in [1.165, 1.54) is 19.9 Å². The maximum atomic E-state index is 12.1. The van der Waals surface area contributed by atoms with Crippen molar-refractivity contribution in [2.45, 2.75) is 13.8 Å². The van der Waals surface area contributed by atoms with Gasteiger partial charge in [-0.05, 0) is 13.8 Å². The van der Waals surface area contributed by atoms with Gasteiger partial charge in [-0.1, -0.05) is 37.4 Å². The summed E-state index contributed by atoms with van der Waals surface area (Å²) < 4.78 is 20.3. The van der Waals surface area contributed by atoms with Crippen LogP contribution in [0, 0.1) is 0 Å². The van der Waals surface area contributed by atoms with Crippen LogP contribution in [0.3, 0.4) is 0 Å². The lowest BCUT2D eigenvalue weighted by Gasteiger charge is -2.16. The van der Waals surface area contributed by atoms with Gasteiger partial charge in [-0.2, -0.15) is 0 Å². The molecule has 0 N–H and O–H groups in total. The lowest BCUT2D eigenvalue weighted by Crippen LogP contribution is -2.14. The van der Waals surface area contributed by atoms with Crippen LogP contribution in [0.5, 0.6) is 17.2 Å². The first-order chi connectivity index (χ1) is 12.7. The fourth-order valence-electron chi connectivity index (χ4n) is 2.05. The normalized spacial score (nSPS) is 10.0. The highest BCUT2D eigenvalue weighted by Gasteiger charge is 2.22. The van der Waals surface area contributed by atoms with Crippen molar-refractivity contribution < 1.29 is 33.3 Å². The molecular formula is C20H18O7. The van der Waals surface area contributed by atoms with E-state index in [4.69, 9.17) is 14.2 Å². The third kappa shape index (κ3) is 4.52. The first kappa shape index (κ1) is 19.7. The number of hydrogen-bond acceptors (Lipinski definition) is 7. The lowest BCUT2D eigenvalue weighted by atomic mass is 10.1. The van der Waals surface area contributed by atoms with Gasteiger partial charge in [0.05, 0.1) is 7.11 Å². The summed E-state index contributed by atoms with van der Waals surface area (Å²) >= 11 is 0. The van der Waals surface area contributed by atoms with E-state index in [0.717, 1.165) is 7.11 Å². The van der Waals surface area contributed by atoms with Crippen molar-refractivity contribution in [1.29, 1.82) is 0 Å². The van der Waals surface area contributed by atoms with Gasteiger partial charge in [0.25, 0.3) is 0 Å². The van der Waals surface area contributed by atoms with E-state index in [-0.39, 0.29) is 28.4 Å². The summed E-state index contributed by atoms with van der Waals surface area (Å²) in [5, 5.41) is 0.834. The van der Waals surface area contributed by atoms with Crippen molar-refractivity contribution in [3.8, 4) is 17.2 Å². The molecule has 0 bridgehead atoms. The number of methoxy groups -OCH3 is 1. The molecule has 0 saturated heterocycles. The molecule has 2 aromatic rings. The van der Waals surface area contributed by atoms with Crippen LogP contribution in [0.4, 0.5) is 4.79 Å². The maximum Gasteiger partial charge on any atom is 0.513 e. The SMILES string of the molecule is C=C(C)C(=O)Oc1cc(OC(=O)OC)c2ccccc2c1OC(=O)C(=C)C. The van der Waals surface area contributed by atoms with E-state index in [2.05, 4.69) is 17.9 Å². The van der Waals surface area contributed by atoms with Crippen molar-refractivity contribution in [1.82, 2.24) is 0 Å². The molecule has 0 heterocycles. The largest absolute Gasteiger partial charge is 0.513 e. The fourth-order valence-corrected chi connectivity index (χ4v) is 2.05. The number of esters is 2. The van der Waals surface area contributed by atoms with Gasteiger partial charge in [0.15, 0.2) is 11.5 Å². The van der Waals surface area contributed by atoms with E-state index in [1.54, 1.807) is 24.3 Å². The summed E-state index contributed by atoms with van der Waals surface area (Å²) in [5.74, 6) is -1.49. The molecule has 0 fully saturated rings. The molecule has 0 unspecified atom stereocenters. The van der Waals surface area contributed by atoms with Crippen LogP contribution in [0.25, 0.3) is 10.8 Å². The zero-order chi connectivity index (χ0) is 20.1. The van der Waals surface area contributed by atoms with E-state index in [9.17, 15) is 14.4 Å². The van der Waals surface area contributed by atoms with Crippen LogP contribution in [-0.2, 0) is 14.3 Å². The summed E-state index contributed by atoms with van der Waals surface area (Å²) in [5.41, 5.74) is 0.293. The molecule has 0 aliphatic carbocycles. The number of fused-ring (bicyclic) bond motifs is 1. The number of ether oxygens (including phenoxy) is 4. The van der Waals surface area contributed by atoms with E-state index in [1.807, 2.05) is 0 Å². The Balaban J connectivity index is 2.70. The second-order valence-corrected chi connectivity index (χ2v) is 5.64. The molecule has 140 valence electrons. The Morgan fingerprint density at radius 3 is 1.93 bits per heavy atom. The summed E-state index contributed by atoms with van der Waals surface area (Å²) in [7, 11) is 1.16. The number of rotatable bonds is 5. The van der Waals surface area contributed by atoms with Crippen molar-refractivity contribution in [3.05, 3.63) is 54.6 Å². The van der Waals surface area contributed by atoms with Crippen molar-refractivity contribution in [3.63, 3.8) is 0 Å². The first-order valence-electron chi connectivity index (χ1n) is 7.81. The Morgan fingerprint density at radius 2 is 1.37 bits per heavy atom. The summed E-state index contributed by atoms with van der Waals surface area (Å²) in [6.45, 7) is 10.0. The standard InChI is InChI=1S/C20H18O7/c1-11(2)18(21)25-16-10-15(26-20(23)24-5)13-8-6-7-9-14(13)17(16)27-19(22)12(3)4/h6-10H,1,3H2,2,4-5H3. The number of hydrogen-bond donors (Lipinski definition) is 0. The number of benzene rings is 2.